The van der Waals surface area contributed by atoms with Crippen LogP contribution in [0.1, 0.15) is 22.3 Å². The van der Waals surface area contributed by atoms with Crippen LogP contribution in [0.3, 0.4) is 0 Å². The minimum Gasteiger partial charge on any atom is -0.493 e. The zero-order valence-electron chi connectivity index (χ0n) is 19.4. The first-order chi connectivity index (χ1) is 16.5. The fraction of sp³-hybridized carbons (Fsp3) is 0.231. The number of hydrogen-bond donors (Lipinski definition) is 2. The van der Waals surface area contributed by atoms with Crippen molar-refractivity contribution in [3.05, 3.63) is 71.8 Å². The van der Waals surface area contributed by atoms with Gasteiger partial charge in [0.25, 0.3) is 5.91 Å². The Morgan fingerprint density at radius 1 is 0.824 bits per heavy atom. The molecule has 0 saturated carbocycles. The van der Waals surface area contributed by atoms with Gasteiger partial charge in [-0.15, -0.1) is 0 Å². The minimum atomic E-state index is -0.439. The minimum absolute atomic E-state index is 0.0550. The number of methoxy groups -OCH3 is 3. The lowest BCUT2D eigenvalue weighted by Gasteiger charge is -2.30. The Kier molecular flexibility index (Phi) is 6.87. The van der Waals surface area contributed by atoms with E-state index in [1.54, 1.807) is 17.0 Å². The molecule has 0 aromatic heterocycles. The lowest BCUT2D eigenvalue weighted by molar-refractivity contribution is 0.0985. The molecule has 3 amide bonds. The number of urea groups is 1. The molecule has 0 aliphatic carbocycles. The lowest BCUT2D eigenvalue weighted by Crippen LogP contribution is -2.35. The highest BCUT2D eigenvalue weighted by Crippen LogP contribution is 2.40. The molecule has 8 heteroatoms. The monoisotopic (exact) mass is 461 g/mol. The molecule has 0 unspecified atom stereocenters. The number of fused-ring (bicyclic) bond motifs is 1. The second-order valence-corrected chi connectivity index (χ2v) is 7.76. The Hall–Kier alpha value is -4.20. The van der Waals surface area contributed by atoms with E-state index in [0.717, 1.165) is 24.1 Å². The van der Waals surface area contributed by atoms with Gasteiger partial charge in [-0.25, -0.2) is 4.79 Å². The van der Waals surface area contributed by atoms with Gasteiger partial charge >= 0.3 is 6.03 Å². The average Bonchev–Trinajstić information content (AvgIpc) is 2.87. The maximum atomic E-state index is 13.1. The Balaban J connectivity index is 1.53. The number of benzene rings is 3. The summed E-state index contributed by atoms with van der Waals surface area (Å²) >= 11 is 0. The van der Waals surface area contributed by atoms with Crippen LogP contribution in [0.4, 0.5) is 21.9 Å². The van der Waals surface area contributed by atoms with Gasteiger partial charge in [-0.3, -0.25) is 4.79 Å². The third-order valence-electron chi connectivity index (χ3n) is 5.65. The Morgan fingerprint density at radius 3 is 2.15 bits per heavy atom. The number of amides is 3. The number of rotatable bonds is 6. The van der Waals surface area contributed by atoms with Crippen LogP contribution in [-0.4, -0.2) is 39.8 Å². The van der Waals surface area contributed by atoms with Crippen molar-refractivity contribution in [2.75, 3.05) is 43.4 Å². The first-order valence-electron chi connectivity index (χ1n) is 10.9. The molecule has 3 aromatic carbocycles. The van der Waals surface area contributed by atoms with E-state index in [1.807, 2.05) is 48.5 Å². The molecule has 0 atom stereocenters. The molecule has 0 bridgehead atoms. The van der Waals surface area contributed by atoms with Gasteiger partial charge in [0, 0.05) is 35.6 Å². The summed E-state index contributed by atoms with van der Waals surface area (Å²) in [5, 5.41) is 5.63. The quantitative estimate of drug-likeness (QED) is 0.542. The molecule has 1 aliphatic rings. The zero-order chi connectivity index (χ0) is 24.1. The van der Waals surface area contributed by atoms with Crippen molar-refractivity contribution in [3.8, 4) is 17.2 Å². The summed E-state index contributed by atoms with van der Waals surface area (Å²) in [5.41, 5.74) is 3.58. The highest BCUT2D eigenvalue weighted by molar-refractivity contribution is 6.07. The third-order valence-corrected chi connectivity index (χ3v) is 5.65. The molecule has 3 aromatic rings. The summed E-state index contributed by atoms with van der Waals surface area (Å²) in [6.07, 6.45) is 1.77. The fourth-order valence-electron chi connectivity index (χ4n) is 4.05. The molecule has 4 rings (SSSR count). The molecule has 0 fully saturated rings. The van der Waals surface area contributed by atoms with Crippen LogP contribution in [0.25, 0.3) is 0 Å². The van der Waals surface area contributed by atoms with Crippen LogP contribution in [0.5, 0.6) is 17.2 Å². The number of carbonyl (C=O) groups is 2. The summed E-state index contributed by atoms with van der Waals surface area (Å²) in [7, 11) is 4.54. The molecule has 0 radical (unpaired) electrons. The van der Waals surface area contributed by atoms with Crippen molar-refractivity contribution in [3.63, 3.8) is 0 Å². The van der Waals surface area contributed by atoms with Crippen LogP contribution in [0, 0.1) is 0 Å². The summed E-state index contributed by atoms with van der Waals surface area (Å²) < 4.78 is 16.0. The SMILES string of the molecule is COc1cc(NC(=O)Nc2ccc3c(c2)N(C(=O)c2ccccc2)CCC3)cc(OC)c1OC. The molecule has 2 N–H and O–H groups in total. The van der Waals surface area contributed by atoms with Gasteiger partial charge in [0.15, 0.2) is 11.5 Å². The largest absolute Gasteiger partial charge is 0.493 e. The van der Waals surface area contributed by atoms with Gasteiger partial charge < -0.3 is 29.7 Å². The molecule has 0 saturated heterocycles. The smallest absolute Gasteiger partial charge is 0.323 e. The van der Waals surface area contributed by atoms with Crippen molar-refractivity contribution in [2.45, 2.75) is 12.8 Å². The second kappa shape index (κ2) is 10.2. The predicted octanol–water partition coefficient (Wildman–Crippen LogP) is 4.95. The average molecular weight is 462 g/mol. The van der Waals surface area contributed by atoms with E-state index in [9.17, 15) is 9.59 Å². The number of aryl methyl sites for hydroxylation is 1. The molecular weight excluding hydrogens is 434 g/mol. The van der Waals surface area contributed by atoms with E-state index < -0.39 is 6.03 Å². The van der Waals surface area contributed by atoms with Gasteiger partial charge in [0.05, 0.1) is 27.0 Å². The summed E-state index contributed by atoms with van der Waals surface area (Å²) in [6.45, 7) is 0.627. The number of nitrogens with one attached hydrogen (secondary N) is 2. The fourth-order valence-corrected chi connectivity index (χ4v) is 4.05. The van der Waals surface area contributed by atoms with E-state index in [1.165, 1.54) is 21.3 Å². The zero-order valence-corrected chi connectivity index (χ0v) is 19.4. The summed E-state index contributed by atoms with van der Waals surface area (Å²) in [6, 6.07) is 17.7. The topological polar surface area (TPSA) is 89.1 Å². The number of anilines is 3. The van der Waals surface area contributed by atoms with Crippen molar-refractivity contribution in [1.82, 2.24) is 0 Å². The van der Waals surface area contributed by atoms with E-state index in [4.69, 9.17) is 14.2 Å². The highest BCUT2D eigenvalue weighted by Gasteiger charge is 2.24. The first-order valence-corrected chi connectivity index (χ1v) is 10.9. The standard InChI is InChI=1S/C26H27N3O5/c1-32-22-15-20(16-23(33-2)24(22)34-3)28-26(31)27-19-12-11-17-10-7-13-29(21(17)14-19)25(30)18-8-5-4-6-9-18/h4-6,8-9,11-12,14-16H,7,10,13H2,1-3H3,(H2,27,28,31). The summed E-state index contributed by atoms with van der Waals surface area (Å²) in [5.74, 6) is 1.25. The molecule has 34 heavy (non-hydrogen) atoms. The van der Waals surface area contributed by atoms with E-state index in [-0.39, 0.29) is 5.91 Å². The van der Waals surface area contributed by atoms with Gasteiger partial charge in [0.2, 0.25) is 5.75 Å². The van der Waals surface area contributed by atoms with Gasteiger partial charge in [0.1, 0.15) is 0 Å². The Labute approximate surface area is 198 Å². The van der Waals surface area contributed by atoms with Crippen LogP contribution in [0.2, 0.25) is 0 Å². The molecule has 8 nitrogen and oxygen atoms in total. The van der Waals surface area contributed by atoms with Gasteiger partial charge in [-0.05, 0) is 42.7 Å². The van der Waals surface area contributed by atoms with Gasteiger partial charge in [-0.1, -0.05) is 24.3 Å². The summed E-state index contributed by atoms with van der Waals surface area (Å²) in [4.78, 5) is 27.6. The van der Waals surface area contributed by atoms with Crippen molar-refractivity contribution < 1.29 is 23.8 Å². The third kappa shape index (κ3) is 4.76. The maximum Gasteiger partial charge on any atom is 0.323 e. The maximum absolute atomic E-state index is 13.1. The number of carbonyl (C=O) groups excluding carboxylic acids is 2. The second-order valence-electron chi connectivity index (χ2n) is 7.76. The number of hydrogen-bond acceptors (Lipinski definition) is 5. The number of nitrogens with zero attached hydrogens (tertiary/aromatic N) is 1. The molecular formula is C26H27N3O5. The Morgan fingerprint density at radius 2 is 1.50 bits per heavy atom. The molecule has 1 heterocycles. The van der Waals surface area contributed by atoms with Gasteiger partial charge in [-0.2, -0.15) is 0 Å². The van der Waals surface area contributed by atoms with Crippen LogP contribution < -0.4 is 29.7 Å². The first kappa shape index (κ1) is 23.0. The highest BCUT2D eigenvalue weighted by atomic mass is 16.5. The Bertz CT molecular complexity index is 1170. The van der Waals surface area contributed by atoms with Crippen molar-refractivity contribution in [1.29, 1.82) is 0 Å². The molecule has 176 valence electrons. The molecule has 0 spiro atoms. The van der Waals surface area contributed by atoms with E-state index in [2.05, 4.69) is 10.6 Å². The van der Waals surface area contributed by atoms with E-state index >= 15 is 0 Å². The lowest BCUT2D eigenvalue weighted by atomic mass is 10.00. The normalized spacial score (nSPS) is 12.4. The number of ether oxygens (including phenoxy) is 3. The molecule has 1 aliphatic heterocycles. The van der Waals surface area contributed by atoms with E-state index in [0.29, 0.717) is 40.7 Å². The predicted molar refractivity (Wildman–Crippen MR) is 132 cm³/mol. The van der Waals surface area contributed by atoms with Crippen LogP contribution in [0.15, 0.2) is 60.7 Å². The van der Waals surface area contributed by atoms with Crippen LogP contribution in [-0.2, 0) is 6.42 Å². The van der Waals surface area contributed by atoms with Crippen molar-refractivity contribution in [2.24, 2.45) is 0 Å². The van der Waals surface area contributed by atoms with Crippen molar-refractivity contribution >= 4 is 29.0 Å². The van der Waals surface area contributed by atoms with Crippen LogP contribution >= 0.6 is 0 Å².